The van der Waals surface area contributed by atoms with E-state index in [-0.39, 0.29) is 12.4 Å². The quantitative estimate of drug-likeness (QED) is 0.621. The van der Waals surface area contributed by atoms with Gasteiger partial charge in [-0.2, -0.15) is 0 Å². The van der Waals surface area contributed by atoms with Gasteiger partial charge in [-0.3, -0.25) is 4.79 Å². The summed E-state index contributed by atoms with van der Waals surface area (Å²) >= 11 is 1.41. The summed E-state index contributed by atoms with van der Waals surface area (Å²) in [5.41, 5.74) is 3.48. The Labute approximate surface area is 69.0 Å². The van der Waals surface area contributed by atoms with Gasteiger partial charge in [-0.25, -0.2) is 4.98 Å². The van der Waals surface area contributed by atoms with Crippen LogP contribution in [0.25, 0.3) is 0 Å². The number of carbonyl (C=O) groups excluding carboxylic acids is 1. The number of hydrogen-bond acceptors (Lipinski definition) is 4. The SMILES string of the molecule is COC(=O)Cc1n[c]sc1C. The van der Waals surface area contributed by atoms with Gasteiger partial charge in [0.25, 0.3) is 0 Å². The number of aromatic nitrogens is 1. The Kier molecular flexibility index (Phi) is 2.59. The van der Waals surface area contributed by atoms with E-state index >= 15 is 0 Å². The van der Waals surface area contributed by atoms with Crippen LogP contribution in [0.1, 0.15) is 10.6 Å². The Morgan fingerprint density at radius 3 is 3.00 bits per heavy atom. The van der Waals surface area contributed by atoms with Gasteiger partial charge in [0.2, 0.25) is 0 Å². The van der Waals surface area contributed by atoms with Crippen molar-refractivity contribution in [2.75, 3.05) is 7.11 Å². The molecule has 11 heavy (non-hydrogen) atoms. The molecule has 0 saturated heterocycles. The molecular formula is C7H8NO2S. The van der Waals surface area contributed by atoms with Crippen molar-refractivity contribution in [2.24, 2.45) is 0 Å². The van der Waals surface area contributed by atoms with Crippen LogP contribution in [0.5, 0.6) is 0 Å². The first-order valence-electron chi connectivity index (χ1n) is 3.13. The van der Waals surface area contributed by atoms with Crippen molar-refractivity contribution >= 4 is 17.3 Å². The zero-order chi connectivity index (χ0) is 8.27. The second-order valence-electron chi connectivity index (χ2n) is 2.06. The maximum atomic E-state index is 10.8. The summed E-state index contributed by atoms with van der Waals surface area (Å²) in [5, 5.41) is 0. The Bertz CT molecular complexity index is 257. The van der Waals surface area contributed by atoms with Gasteiger partial charge in [0, 0.05) is 4.88 Å². The van der Waals surface area contributed by atoms with Crippen molar-refractivity contribution in [1.82, 2.24) is 4.98 Å². The smallest absolute Gasteiger partial charge is 0.311 e. The molecule has 0 aromatic carbocycles. The van der Waals surface area contributed by atoms with Gasteiger partial charge in [-0.1, -0.05) is 0 Å². The highest BCUT2D eigenvalue weighted by Gasteiger charge is 2.07. The summed E-state index contributed by atoms with van der Waals surface area (Å²) in [5.74, 6) is -0.257. The van der Waals surface area contributed by atoms with Crippen molar-refractivity contribution in [3.05, 3.63) is 16.1 Å². The average Bonchev–Trinajstić information content (AvgIpc) is 2.37. The lowest BCUT2D eigenvalue weighted by Gasteiger charge is -1.95. The van der Waals surface area contributed by atoms with Crippen molar-refractivity contribution in [3.63, 3.8) is 0 Å². The number of hydrogen-bond donors (Lipinski definition) is 0. The van der Waals surface area contributed by atoms with Gasteiger partial charge in [0.15, 0.2) is 5.51 Å². The fraction of sp³-hybridized carbons (Fsp3) is 0.429. The summed E-state index contributed by atoms with van der Waals surface area (Å²) in [7, 11) is 1.37. The van der Waals surface area contributed by atoms with Crippen molar-refractivity contribution in [2.45, 2.75) is 13.3 Å². The van der Waals surface area contributed by atoms with Crippen molar-refractivity contribution in [3.8, 4) is 0 Å². The molecular weight excluding hydrogens is 162 g/mol. The molecule has 0 aliphatic rings. The Hall–Kier alpha value is -0.900. The molecule has 0 bridgehead atoms. The Morgan fingerprint density at radius 1 is 1.82 bits per heavy atom. The van der Waals surface area contributed by atoms with Gasteiger partial charge < -0.3 is 4.74 Å². The number of carbonyl (C=O) groups is 1. The van der Waals surface area contributed by atoms with Crippen LogP contribution in [-0.4, -0.2) is 18.1 Å². The van der Waals surface area contributed by atoms with Gasteiger partial charge in [0.1, 0.15) is 0 Å². The first-order valence-corrected chi connectivity index (χ1v) is 3.95. The number of methoxy groups -OCH3 is 1. The van der Waals surface area contributed by atoms with E-state index in [2.05, 4.69) is 15.2 Å². The minimum atomic E-state index is -0.257. The minimum absolute atomic E-state index is 0.252. The van der Waals surface area contributed by atoms with E-state index < -0.39 is 0 Å². The molecule has 0 aliphatic carbocycles. The normalized spacial score (nSPS) is 9.64. The van der Waals surface area contributed by atoms with Crippen LogP contribution in [0, 0.1) is 12.4 Å². The monoisotopic (exact) mass is 170 g/mol. The van der Waals surface area contributed by atoms with Crippen molar-refractivity contribution < 1.29 is 9.53 Å². The molecule has 1 heterocycles. The largest absolute Gasteiger partial charge is 0.469 e. The summed E-state index contributed by atoms with van der Waals surface area (Å²) in [6.07, 6.45) is 0.252. The molecule has 0 N–H and O–H groups in total. The van der Waals surface area contributed by atoms with Crippen molar-refractivity contribution in [1.29, 1.82) is 0 Å². The number of nitrogens with zero attached hydrogens (tertiary/aromatic N) is 1. The van der Waals surface area contributed by atoms with Crippen LogP contribution in [0.2, 0.25) is 0 Å². The molecule has 1 aromatic heterocycles. The van der Waals surface area contributed by atoms with Crippen LogP contribution in [0.15, 0.2) is 0 Å². The maximum absolute atomic E-state index is 10.8. The predicted molar refractivity (Wildman–Crippen MR) is 41.4 cm³/mol. The highest BCUT2D eigenvalue weighted by Crippen LogP contribution is 2.10. The average molecular weight is 170 g/mol. The van der Waals surface area contributed by atoms with E-state index in [4.69, 9.17) is 0 Å². The van der Waals surface area contributed by atoms with Crippen LogP contribution in [0.4, 0.5) is 0 Å². The molecule has 0 amide bonds. The van der Waals surface area contributed by atoms with Crippen LogP contribution < -0.4 is 0 Å². The molecule has 0 aliphatic heterocycles. The summed E-state index contributed by atoms with van der Waals surface area (Å²) in [6, 6.07) is 0. The first kappa shape index (κ1) is 8.20. The second kappa shape index (κ2) is 3.48. The lowest BCUT2D eigenvalue weighted by atomic mass is 10.3. The van der Waals surface area contributed by atoms with Gasteiger partial charge >= 0.3 is 5.97 Å². The van der Waals surface area contributed by atoms with Crippen LogP contribution in [0.3, 0.4) is 0 Å². The van der Waals surface area contributed by atoms with Crippen LogP contribution >= 0.6 is 11.3 Å². The molecule has 59 valence electrons. The maximum Gasteiger partial charge on any atom is 0.311 e. The molecule has 0 saturated carbocycles. The predicted octanol–water partition coefficient (Wildman–Crippen LogP) is 0.967. The number of ether oxygens (including phenoxy) is 1. The minimum Gasteiger partial charge on any atom is -0.469 e. The third-order valence-corrected chi connectivity index (χ3v) is 2.05. The standard InChI is InChI=1S/C7H8NO2S/c1-5-6(8-4-11-5)3-7(9)10-2/h3H2,1-2H3. The van der Waals surface area contributed by atoms with Gasteiger partial charge in [-0.05, 0) is 6.92 Å². The molecule has 0 fully saturated rings. The van der Waals surface area contributed by atoms with E-state index in [0.717, 1.165) is 10.6 Å². The fourth-order valence-electron chi connectivity index (χ4n) is 0.657. The third kappa shape index (κ3) is 2.01. The fourth-order valence-corrected chi connectivity index (χ4v) is 1.19. The molecule has 3 nitrogen and oxygen atoms in total. The highest BCUT2D eigenvalue weighted by atomic mass is 32.1. The summed E-state index contributed by atoms with van der Waals surface area (Å²) in [4.78, 5) is 15.7. The zero-order valence-corrected chi connectivity index (χ0v) is 7.20. The highest BCUT2D eigenvalue weighted by molar-refractivity contribution is 7.09. The van der Waals surface area contributed by atoms with E-state index in [1.165, 1.54) is 18.4 Å². The molecule has 1 rings (SSSR count). The summed E-state index contributed by atoms with van der Waals surface area (Å²) < 4.78 is 4.49. The molecule has 0 spiro atoms. The number of rotatable bonds is 2. The Morgan fingerprint density at radius 2 is 2.55 bits per heavy atom. The lowest BCUT2D eigenvalue weighted by molar-refractivity contribution is -0.139. The van der Waals surface area contributed by atoms with E-state index in [0.29, 0.717) is 0 Å². The molecule has 1 radical (unpaired) electrons. The molecule has 0 atom stereocenters. The van der Waals surface area contributed by atoms with Crippen LogP contribution in [-0.2, 0) is 16.0 Å². The number of aryl methyl sites for hydroxylation is 1. The molecule has 4 heteroatoms. The number of esters is 1. The zero-order valence-electron chi connectivity index (χ0n) is 6.38. The first-order chi connectivity index (χ1) is 5.24. The van der Waals surface area contributed by atoms with Gasteiger partial charge in [0.05, 0.1) is 19.2 Å². The third-order valence-electron chi connectivity index (χ3n) is 1.33. The molecule has 0 unspecified atom stereocenters. The summed E-state index contributed by atoms with van der Waals surface area (Å²) in [6.45, 7) is 1.91. The van der Waals surface area contributed by atoms with E-state index in [9.17, 15) is 4.79 Å². The van der Waals surface area contributed by atoms with E-state index in [1.807, 2.05) is 6.92 Å². The van der Waals surface area contributed by atoms with E-state index in [1.54, 1.807) is 0 Å². The lowest BCUT2D eigenvalue weighted by Crippen LogP contribution is -2.05. The number of thiazole rings is 1. The Balaban J connectivity index is 2.64. The second-order valence-corrected chi connectivity index (χ2v) is 3.06. The molecule has 1 aromatic rings. The topological polar surface area (TPSA) is 39.2 Å². The van der Waals surface area contributed by atoms with Gasteiger partial charge in [-0.15, -0.1) is 11.3 Å².